The minimum Gasteiger partial charge on any atom is -0.253 e. The molecule has 0 radical (unpaired) electrons. The summed E-state index contributed by atoms with van der Waals surface area (Å²) in [5.74, 6) is -1.50. The fraction of sp³-hybridized carbons (Fsp3) is 0.167. The van der Waals surface area contributed by atoms with E-state index in [1.807, 2.05) is 0 Å². The van der Waals surface area contributed by atoms with E-state index in [9.17, 15) is 17.6 Å². The first kappa shape index (κ1) is 15.7. The van der Waals surface area contributed by atoms with Crippen molar-refractivity contribution in [2.75, 3.05) is 5.43 Å². The van der Waals surface area contributed by atoms with Crippen molar-refractivity contribution in [3.8, 4) is 0 Å². The Morgan fingerprint density at radius 3 is 2.67 bits per heavy atom. The van der Waals surface area contributed by atoms with Crippen LogP contribution in [0.15, 0.2) is 22.6 Å². The van der Waals surface area contributed by atoms with Crippen molar-refractivity contribution in [1.82, 2.24) is 4.98 Å². The van der Waals surface area contributed by atoms with E-state index in [0.29, 0.717) is 11.2 Å². The number of aromatic nitrogens is 1. The van der Waals surface area contributed by atoms with Gasteiger partial charge in [-0.3, -0.25) is 5.43 Å². The maximum Gasteiger partial charge on any atom is 0.419 e. The number of thiazole rings is 1. The molecule has 0 amide bonds. The van der Waals surface area contributed by atoms with Gasteiger partial charge in [-0.25, -0.2) is 9.37 Å². The van der Waals surface area contributed by atoms with Crippen LogP contribution in [0, 0.1) is 12.7 Å². The van der Waals surface area contributed by atoms with Gasteiger partial charge >= 0.3 is 6.18 Å². The number of alkyl halides is 3. The summed E-state index contributed by atoms with van der Waals surface area (Å²) in [6.07, 6.45) is -3.71. The third-order valence-corrected chi connectivity index (χ3v) is 3.49. The van der Waals surface area contributed by atoms with Gasteiger partial charge in [0.15, 0.2) is 5.82 Å². The minimum atomic E-state index is -4.82. The third kappa shape index (κ3) is 3.92. The van der Waals surface area contributed by atoms with Crippen LogP contribution in [0.2, 0.25) is 5.02 Å². The Labute approximate surface area is 126 Å². The molecular weight excluding hydrogens is 330 g/mol. The summed E-state index contributed by atoms with van der Waals surface area (Å²) in [5.41, 5.74) is 1.95. The van der Waals surface area contributed by atoms with E-state index in [0.717, 1.165) is 18.0 Å². The summed E-state index contributed by atoms with van der Waals surface area (Å²) < 4.78 is 51.2. The molecule has 1 N–H and O–H groups in total. The summed E-state index contributed by atoms with van der Waals surface area (Å²) in [7, 11) is 0. The highest BCUT2D eigenvalue weighted by Crippen LogP contribution is 2.34. The van der Waals surface area contributed by atoms with Gasteiger partial charge in [0, 0.05) is 5.38 Å². The van der Waals surface area contributed by atoms with Gasteiger partial charge in [-0.05, 0) is 24.6 Å². The molecule has 3 nitrogen and oxygen atoms in total. The lowest BCUT2D eigenvalue weighted by Gasteiger charge is -2.09. The van der Waals surface area contributed by atoms with Gasteiger partial charge in [0.1, 0.15) is 0 Å². The van der Waals surface area contributed by atoms with E-state index in [-0.39, 0.29) is 5.56 Å². The molecule has 112 valence electrons. The van der Waals surface area contributed by atoms with Crippen LogP contribution >= 0.6 is 22.9 Å². The van der Waals surface area contributed by atoms with Crippen molar-refractivity contribution in [3.63, 3.8) is 0 Å². The molecule has 0 aliphatic rings. The third-order valence-electron chi connectivity index (χ3n) is 2.35. The Morgan fingerprint density at radius 2 is 2.10 bits per heavy atom. The number of halogens is 5. The average Bonchev–Trinajstić information content (AvgIpc) is 2.78. The lowest BCUT2D eigenvalue weighted by atomic mass is 10.1. The topological polar surface area (TPSA) is 37.3 Å². The molecule has 1 heterocycles. The zero-order valence-electron chi connectivity index (χ0n) is 10.5. The van der Waals surface area contributed by atoms with Crippen molar-refractivity contribution in [3.05, 3.63) is 45.2 Å². The quantitative estimate of drug-likeness (QED) is 0.500. The van der Waals surface area contributed by atoms with E-state index in [4.69, 9.17) is 11.6 Å². The van der Waals surface area contributed by atoms with Crippen LogP contribution in [0.3, 0.4) is 0 Å². The number of nitrogens with one attached hydrogen (secondary N) is 1. The average molecular weight is 338 g/mol. The van der Waals surface area contributed by atoms with E-state index in [1.165, 1.54) is 11.3 Å². The highest BCUT2D eigenvalue weighted by atomic mass is 35.5. The summed E-state index contributed by atoms with van der Waals surface area (Å²) in [6, 6.07) is 1.70. The fourth-order valence-corrected chi connectivity index (χ4v) is 2.32. The van der Waals surface area contributed by atoms with Gasteiger partial charge < -0.3 is 0 Å². The number of aryl methyl sites for hydroxylation is 1. The molecule has 0 fully saturated rings. The lowest BCUT2D eigenvalue weighted by molar-refractivity contribution is -0.140. The second-order valence-corrected chi connectivity index (χ2v) is 5.29. The van der Waals surface area contributed by atoms with Gasteiger partial charge in [0.25, 0.3) is 0 Å². The van der Waals surface area contributed by atoms with Gasteiger partial charge in [-0.1, -0.05) is 11.6 Å². The molecule has 0 saturated heterocycles. The first-order chi connectivity index (χ1) is 9.77. The normalized spacial score (nSPS) is 12.1. The molecule has 0 aliphatic carbocycles. The molecular formula is C12H8ClF4N3S. The molecule has 2 rings (SSSR count). The summed E-state index contributed by atoms with van der Waals surface area (Å²) in [4.78, 5) is 4.06. The molecule has 9 heteroatoms. The van der Waals surface area contributed by atoms with Crippen molar-refractivity contribution < 1.29 is 17.6 Å². The van der Waals surface area contributed by atoms with Crippen molar-refractivity contribution >= 4 is 34.3 Å². The second kappa shape index (κ2) is 5.98. The van der Waals surface area contributed by atoms with Crippen LogP contribution in [-0.4, -0.2) is 11.2 Å². The lowest BCUT2D eigenvalue weighted by Crippen LogP contribution is -2.09. The minimum absolute atomic E-state index is 0.0227. The Balaban J connectivity index is 2.22. The van der Waals surface area contributed by atoms with E-state index in [1.54, 1.807) is 12.3 Å². The number of hydrazone groups is 1. The Kier molecular flexibility index (Phi) is 4.48. The molecule has 1 aromatic carbocycles. The van der Waals surface area contributed by atoms with Crippen LogP contribution in [-0.2, 0) is 6.18 Å². The molecule has 0 aliphatic heterocycles. The van der Waals surface area contributed by atoms with Crippen LogP contribution in [0.4, 0.5) is 22.7 Å². The van der Waals surface area contributed by atoms with E-state index >= 15 is 0 Å². The molecule has 0 saturated carbocycles. The molecule has 0 bridgehead atoms. The molecule has 0 atom stereocenters. The number of rotatable bonds is 3. The molecule has 2 aromatic rings. The highest BCUT2D eigenvalue weighted by molar-refractivity contribution is 7.13. The molecule has 0 spiro atoms. The monoisotopic (exact) mass is 337 g/mol. The van der Waals surface area contributed by atoms with Crippen molar-refractivity contribution in [1.29, 1.82) is 0 Å². The molecule has 1 aromatic heterocycles. The van der Waals surface area contributed by atoms with Crippen molar-refractivity contribution in [2.24, 2.45) is 5.10 Å². The molecule has 0 unspecified atom stereocenters. The fourth-order valence-electron chi connectivity index (χ4n) is 1.46. The Bertz CT molecular complexity index is 682. The van der Waals surface area contributed by atoms with Crippen LogP contribution < -0.4 is 5.43 Å². The number of benzene rings is 1. The van der Waals surface area contributed by atoms with Crippen molar-refractivity contribution in [2.45, 2.75) is 13.1 Å². The van der Waals surface area contributed by atoms with Gasteiger partial charge in [0.2, 0.25) is 5.13 Å². The van der Waals surface area contributed by atoms with Gasteiger partial charge in [-0.15, -0.1) is 11.3 Å². The smallest absolute Gasteiger partial charge is 0.253 e. The standard InChI is InChI=1S/C12H8ClF4N3S/c1-6-5-21-11(19-6)20-18-4-7-2-8(12(15,16)17)10(14)9(13)3-7/h2-5H,1H3,(H,19,20). The van der Waals surface area contributed by atoms with E-state index < -0.39 is 22.6 Å². The number of hydrogen-bond donors (Lipinski definition) is 1. The van der Waals surface area contributed by atoms with Crippen LogP contribution in [0.5, 0.6) is 0 Å². The van der Waals surface area contributed by atoms with E-state index in [2.05, 4.69) is 15.5 Å². The first-order valence-electron chi connectivity index (χ1n) is 5.55. The number of hydrogen-bond acceptors (Lipinski definition) is 4. The highest BCUT2D eigenvalue weighted by Gasteiger charge is 2.35. The first-order valence-corrected chi connectivity index (χ1v) is 6.80. The second-order valence-electron chi connectivity index (χ2n) is 4.03. The summed E-state index contributed by atoms with van der Waals surface area (Å²) in [6.45, 7) is 1.79. The zero-order valence-corrected chi connectivity index (χ0v) is 12.1. The van der Waals surface area contributed by atoms with Crippen LogP contribution in [0.1, 0.15) is 16.8 Å². The van der Waals surface area contributed by atoms with Crippen LogP contribution in [0.25, 0.3) is 0 Å². The largest absolute Gasteiger partial charge is 0.419 e. The Morgan fingerprint density at radius 1 is 1.38 bits per heavy atom. The predicted molar refractivity (Wildman–Crippen MR) is 74.5 cm³/mol. The number of nitrogens with zero attached hydrogens (tertiary/aromatic N) is 2. The number of anilines is 1. The maximum atomic E-state index is 13.3. The maximum absolute atomic E-state index is 13.3. The van der Waals surface area contributed by atoms with Gasteiger partial charge in [0.05, 0.1) is 22.5 Å². The van der Waals surface area contributed by atoms with Gasteiger partial charge in [-0.2, -0.15) is 18.3 Å². The zero-order chi connectivity index (χ0) is 15.6. The molecule has 21 heavy (non-hydrogen) atoms. The Hall–Kier alpha value is -1.67. The predicted octanol–water partition coefficient (Wildman–Crippen LogP) is 4.71. The SMILES string of the molecule is Cc1csc(NN=Cc2cc(Cl)c(F)c(C(F)(F)F)c2)n1. The summed E-state index contributed by atoms with van der Waals surface area (Å²) in [5, 5.41) is 5.41. The summed E-state index contributed by atoms with van der Waals surface area (Å²) >= 11 is 6.75.